The van der Waals surface area contributed by atoms with Crippen LogP contribution in [0.25, 0.3) is 0 Å². The second-order valence-electron chi connectivity index (χ2n) is 4.79. The smallest absolute Gasteiger partial charge is 0.220 e. The first-order valence-corrected chi connectivity index (χ1v) is 6.23. The van der Waals surface area contributed by atoms with Gasteiger partial charge in [-0.1, -0.05) is 0 Å². The van der Waals surface area contributed by atoms with E-state index in [9.17, 15) is 4.79 Å². The summed E-state index contributed by atoms with van der Waals surface area (Å²) in [4.78, 5) is 14.0. The molecule has 0 spiro atoms. The molecule has 5 N–H and O–H groups in total. The summed E-state index contributed by atoms with van der Waals surface area (Å²) in [6, 6.07) is 0. The fourth-order valence-electron chi connectivity index (χ4n) is 2.03. The van der Waals surface area contributed by atoms with Gasteiger partial charge in [0.05, 0.1) is 0 Å². The van der Waals surface area contributed by atoms with Gasteiger partial charge in [-0.25, -0.2) is 0 Å². The van der Waals surface area contributed by atoms with Crippen LogP contribution < -0.4 is 16.8 Å². The van der Waals surface area contributed by atoms with Gasteiger partial charge in [0, 0.05) is 31.3 Å². The van der Waals surface area contributed by atoms with Crippen LogP contribution in [-0.2, 0) is 4.79 Å². The number of rotatable bonds is 5. The normalized spacial score (nSPS) is 19.2. The summed E-state index contributed by atoms with van der Waals surface area (Å²) in [6.45, 7) is 2.77. The first-order chi connectivity index (χ1) is 8.11. The van der Waals surface area contributed by atoms with Gasteiger partial charge in [0.25, 0.3) is 0 Å². The van der Waals surface area contributed by atoms with Crippen LogP contribution in [0, 0.1) is 5.92 Å². The Morgan fingerprint density at radius 2 is 2.12 bits per heavy atom. The lowest BCUT2D eigenvalue weighted by Gasteiger charge is -2.28. The standard InChI is InChI=1S/C12H24N4O/c1-16-6-3-10(4-7-16)8-12(17)15-5-2-11(14)9-13/h9-10H,2-8,13-14H2,1H3,(H,15,17)/b11-9-. The zero-order valence-electron chi connectivity index (χ0n) is 10.6. The molecule has 0 aliphatic carbocycles. The molecule has 1 amide bonds. The van der Waals surface area contributed by atoms with E-state index >= 15 is 0 Å². The highest BCUT2D eigenvalue weighted by atomic mass is 16.1. The van der Waals surface area contributed by atoms with Crippen molar-refractivity contribution in [3.05, 3.63) is 11.9 Å². The van der Waals surface area contributed by atoms with Crippen LogP contribution in [0.4, 0.5) is 0 Å². The Bertz CT molecular complexity index is 270. The molecule has 1 aliphatic rings. The van der Waals surface area contributed by atoms with Crippen molar-refractivity contribution in [2.24, 2.45) is 17.4 Å². The van der Waals surface area contributed by atoms with Crippen LogP contribution >= 0.6 is 0 Å². The highest BCUT2D eigenvalue weighted by molar-refractivity contribution is 5.76. The summed E-state index contributed by atoms with van der Waals surface area (Å²) in [5, 5.41) is 2.88. The number of carbonyl (C=O) groups excluding carboxylic acids is 1. The van der Waals surface area contributed by atoms with Gasteiger partial charge in [0.15, 0.2) is 0 Å². The van der Waals surface area contributed by atoms with Crippen molar-refractivity contribution in [1.82, 2.24) is 10.2 Å². The van der Waals surface area contributed by atoms with Crippen molar-refractivity contribution < 1.29 is 4.79 Å². The maximum atomic E-state index is 11.6. The molecular formula is C12H24N4O. The molecule has 0 unspecified atom stereocenters. The molecule has 1 aliphatic heterocycles. The quantitative estimate of drug-likeness (QED) is 0.631. The van der Waals surface area contributed by atoms with Crippen LogP contribution in [0.2, 0.25) is 0 Å². The average Bonchev–Trinajstić information content (AvgIpc) is 2.32. The highest BCUT2D eigenvalue weighted by Gasteiger charge is 2.19. The van der Waals surface area contributed by atoms with Crippen molar-refractivity contribution in [3.8, 4) is 0 Å². The maximum absolute atomic E-state index is 11.6. The Morgan fingerprint density at radius 1 is 1.47 bits per heavy atom. The molecule has 1 fully saturated rings. The number of amides is 1. The van der Waals surface area contributed by atoms with E-state index in [1.807, 2.05) is 0 Å². The monoisotopic (exact) mass is 240 g/mol. The summed E-state index contributed by atoms with van der Waals surface area (Å²) in [7, 11) is 2.12. The van der Waals surface area contributed by atoms with Crippen molar-refractivity contribution in [1.29, 1.82) is 0 Å². The predicted octanol–water partition coefficient (Wildman–Crippen LogP) is -0.0166. The van der Waals surface area contributed by atoms with E-state index in [1.54, 1.807) is 0 Å². The van der Waals surface area contributed by atoms with Crippen molar-refractivity contribution in [2.45, 2.75) is 25.7 Å². The third-order valence-electron chi connectivity index (χ3n) is 3.26. The fourth-order valence-corrected chi connectivity index (χ4v) is 2.03. The molecule has 0 radical (unpaired) electrons. The number of nitrogens with one attached hydrogen (secondary N) is 1. The predicted molar refractivity (Wildman–Crippen MR) is 68.9 cm³/mol. The third kappa shape index (κ3) is 5.58. The van der Waals surface area contributed by atoms with E-state index in [1.165, 1.54) is 6.20 Å². The number of carbonyl (C=O) groups is 1. The molecule has 0 aromatic carbocycles. The lowest BCUT2D eigenvalue weighted by molar-refractivity contribution is -0.122. The Labute approximate surface area is 103 Å². The van der Waals surface area contributed by atoms with Gasteiger partial charge in [-0.05, 0) is 38.9 Å². The van der Waals surface area contributed by atoms with Crippen molar-refractivity contribution >= 4 is 5.91 Å². The van der Waals surface area contributed by atoms with E-state index in [2.05, 4.69) is 17.3 Å². The van der Waals surface area contributed by atoms with Gasteiger partial charge < -0.3 is 21.7 Å². The van der Waals surface area contributed by atoms with Gasteiger partial charge >= 0.3 is 0 Å². The summed E-state index contributed by atoms with van der Waals surface area (Å²) < 4.78 is 0. The number of piperidine rings is 1. The first kappa shape index (κ1) is 13.8. The minimum Gasteiger partial charge on any atom is -0.403 e. The molecule has 1 rings (SSSR count). The minimum absolute atomic E-state index is 0.129. The fraction of sp³-hybridized carbons (Fsp3) is 0.750. The molecule has 1 heterocycles. The van der Waals surface area contributed by atoms with E-state index in [4.69, 9.17) is 11.5 Å². The second-order valence-corrected chi connectivity index (χ2v) is 4.79. The van der Waals surface area contributed by atoms with Crippen LogP contribution in [0.15, 0.2) is 11.9 Å². The highest BCUT2D eigenvalue weighted by Crippen LogP contribution is 2.19. The van der Waals surface area contributed by atoms with Gasteiger partial charge in [0.2, 0.25) is 5.91 Å². The molecule has 5 nitrogen and oxygen atoms in total. The van der Waals surface area contributed by atoms with Crippen molar-refractivity contribution in [2.75, 3.05) is 26.7 Å². The summed E-state index contributed by atoms with van der Waals surface area (Å²) in [5.74, 6) is 0.665. The van der Waals surface area contributed by atoms with E-state index in [0.29, 0.717) is 31.0 Å². The second kappa shape index (κ2) is 7.17. The topological polar surface area (TPSA) is 84.4 Å². The molecule has 0 atom stereocenters. The molecule has 0 aromatic heterocycles. The average molecular weight is 240 g/mol. The van der Waals surface area contributed by atoms with Crippen LogP contribution in [-0.4, -0.2) is 37.5 Å². The summed E-state index contributed by atoms with van der Waals surface area (Å²) in [5.41, 5.74) is 11.4. The number of nitrogens with two attached hydrogens (primary N) is 2. The Hall–Kier alpha value is -1.23. The molecular weight excluding hydrogens is 216 g/mol. The van der Waals surface area contributed by atoms with Crippen LogP contribution in [0.3, 0.4) is 0 Å². The number of hydrogen-bond donors (Lipinski definition) is 3. The molecule has 0 saturated carbocycles. The molecule has 1 saturated heterocycles. The van der Waals surface area contributed by atoms with Gasteiger partial charge in [-0.3, -0.25) is 4.79 Å². The van der Waals surface area contributed by atoms with Crippen molar-refractivity contribution in [3.63, 3.8) is 0 Å². The molecule has 17 heavy (non-hydrogen) atoms. The van der Waals surface area contributed by atoms with E-state index < -0.39 is 0 Å². The number of likely N-dealkylation sites (tertiary alicyclic amines) is 1. The van der Waals surface area contributed by atoms with Gasteiger partial charge in [-0.15, -0.1) is 0 Å². The Balaban J connectivity index is 2.12. The number of nitrogens with zero attached hydrogens (tertiary/aromatic N) is 1. The lowest BCUT2D eigenvalue weighted by atomic mass is 9.93. The summed E-state index contributed by atoms with van der Waals surface area (Å²) in [6.07, 6.45) is 4.88. The van der Waals surface area contributed by atoms with Gasteiger partial charge in [0.1, 0.15) is 0 Å². The Morgan fingerprint density at radius 3 is 2.71 bits per heavy atom. The molecule has 0 bridgehead atoms. The van der Waals surface area contributed by atoms with Gasteiger partial charge in [-0.2, -0.15) is 0 Å². The largest absolute Gasteiger partial charge is 0.403 e. The third-order valence-corrected chi connectivity index (χ3v) is 3.26. The zero-order valence-corrected chi connectivity index (χ0v) is 10.6. The Kier molecular flexibility index (Phi) is 5.83. The van der Waals surface area contributed by atoms with E-state index in [0.717, 1.165) is 25.9 Å². The first-order valence-electron chi connectivity index (χ1n) is 6.23. The zero-order chi connectivity index (χ0) is 12.7. The number of hydrogen-bond acceptors (Lipinski definition) is 4. The van der Waals surface area contributed by atoms with Crippen LogP contribution in [0.1, 0.15) is 25.7 Å². The molecule has 5 heteroatoms. The lowest BCUT2D eigenvalue weighted by Crippen LogP contribution is -2.34. The minimum atomic E-state index is 0.129. The van der Waals surface area contributed by atoms with Crippen LogP contribution in [0.5, 0.6) is 0 Å². The van der Waals surface area contributed by atoms with E-state index in [-0.39, 0.29) is 5.91 Å². The molecule has 0 aromatic rings. The summed E-state index contributed by atoms with van der Waals surface area (Å²) >= 11 is 0. The SMILES string of the molecule is CN1CCC(CC(=O)NCC/C(N)=C/N)CC1. The maximum Gasteiger partial charge on any atom is 0.220 e. The molecule has 98 valence electrons.